The molecule has 0 atom stereocenters. The molecule has 2 N–H and O–H groups in total. The lowest BCUT2D eigenvalue weighted by Gasteiger charge is -2.07. The summed E-state index contributed by atoms with van der Waals surface area (Å²) in [6.45, 7) is 2.51. The van der Waals surface area contributed by atoms with Gasteiger partial charge in [0.1, 0.15) is 0 Å². The minimum Gasteiger partial charge on any atom is -0.481 e. The number of rotatable bonds is 7. The summed E-state index contributed by atoms with van der Waals surface area (Å²) in [4.78, 5) is 22.2. The number of carboxylic acids is 1. The van der Waals surface area contributed by atoms with Crippen molar-refractivity contribution in [2.45, 2.75) is 32.6 Å². The summed E-state index contributed by atoms with van der Waals surface area (Å²) in [5, 5.41) is 11.3. The molecule has 0 aliphatic rings. The number of carboxylic acid groups (broad SMARTS) is 1. The van der Waals surface area contributed by atoms with Crippen LogP contribution in [0.3, 0.4) is 0 Å². The number of amides is 1. The van der Waals surface area contributed by atoms with Gasteiger partial charge < -0.3 is 10.4 Å². The Morgan fingerprint density at radius 3 is 2.68 bits per heavy atom. The number of aliphatic carboxylic acids is 1. The van der Waals surface area contributed by atoms with E-state index in [1.54, 1.807) is 0 Å². The van der Waals surface area contributed by atoms with Crippen molar-refractivity contribution in [3.8, 4) is 0 Å². The number of hydrogen-bond acceptors (Lipinski definition) is 2. The Bertz CT molecular complexity index is 460. The second kappa shape index (κ2) is 7.94. The van der Waals surface area contributed by atoms with Crippen LogP contribution >= 0.6 is 15.9 Å². The lowest BCUT2D eigenvalue weighted by molar-refractivity contribution is -0.137. The summed E-state index contributed by atoms with van der Waals surface area (Å²) in [5.41, 5.74) is 1.67. The number of halogens is 1. The molecule has 1 aromatic carbocycles. The van der Waals surface area contributed by atoms with Gasteiger partial charge in [-0.15, -0.1) is 0 Å². The maximum absolute atomic E-state index is 11.9. The zero-order chi connectivity index (χ0) is 14.3. The third kappa shape index (κ3) is 5.87. The first-order valence-electron chi connectivity index (χ1n) is 6.27. The summed E-state index contributed by atoms with van der Waals surface area (Å²) in [5.74, 6) is -0.874. The van der Waals surface area contributed by atoms with E-state index in [4.69, 9.17) is 5.11 Å². The minimum atomic E-state index is -0.771. The smallest absolute Gasteiger partial charge is 0.303 e. The molecular formula is C14H18BrNO3. The maximum Gasteiger partial charge on any atom is 0.303 e. The van der Waals surface area contributed by atoms with E-state index in [9.17, 15) is 9.59 Å². The summed E-state index contributed by atoms with van der Waals surface area (Å²) < 4.78 is 0.779. The Morgan fingerprint density at radius 2 is 2.00 bits per heavy atom. The first-order valence-corrected chi connectivity index (χ1v) is 7.06. The predicted octanol–water partition coefficient (Wildman–Crippen LogP) is 3.13. The first-order chi connectivity index (χ1) is 9.00. The molecule has 5 heteroatoms. The van der Waals surface area contributed by atoms with Crippen molar-refractivity contribution in [2.24, 2.45) is 0 Å². The molecule has 0 saturated heterocycles. The highest BCUT2D eigenvalue weighted by atomic mass is 79.9. The molecule has 0 radical (unpaired) electrons. The number of carbonyl (C=O) groups excluding carboxylic acids is 1. The van der Waals surface area contributed by atoms with Crippen LogP contribution in [0.15, 0.2) is 22.7 Å². The SMILES string of the molecule is Cc1ccc(Br)c(C(=O)NCCCCCC(=O)O)c1. The average Bonchev–Trinajstić information content (AvgIpc) is 2.36. The third-order valence-corrected chi connectivity index (χ3v) is 3.41. The number of carbonyl (C=O) groups is 2. The van der Waals surface area contributed by atoms with E-state index >= 15 is 0 Å². The molecule has 1 rings (SSSR count). The van der Waals surface area contributed by atoms with Gasteiger partial charge in [0.05, 0.1) is 5.56 Å². The quantitative estimate of drug-likeness (QED) is 0.756. The van der Waals surface area contributed by atoms with E-state index in [2.05, 4.69) is 21.2 Å². The number of aryl methyl sites for hydroxylation is 1. The van der Waals surface area contributed by atoms with Crippen molar-refractivity contribution in [2.75, 3.05) is 6.54 Å². The van der Waals surface area contributed by atoms with Gasteiger partial charge in [0.25, 0.3) is 5.91 Å². The van der Waals surface area contributed by atoms with Gasteiger partial charge in [0.2, 0.25) is 0 Å². The Kier molecular flexibility index (Phi) is 6.56. The van der Waals surface area contributed by atoms with Gasteiger partial charge in [-0.25, -0.2) is 0 Å². The van der Waals surface area contributed by atoms with Crippen LogP contribution in [0.2, 0.25) is 0 Å². The molecule has 1 aromatic rings. The van der Waals surface area contributed by atoms with E-state index < -0.39 is 5.97 Å². The van der Waals surface area contributed by atoms with E-state index in [1.807, 2.05) is 25.1 Å². The maximum atomic E-state index is 11.9. The monoisotopic (exact) mass is 327 g/mol. The van der Waals surface area contributed by atoms with Gasteiger partial charge in [-0.05, 0) is 47.8 Å². The fourth-order valence-corrected chi connectivity index (χ4v) is 2.11. The number of nitrogens with one attached hydrogen (secondary N) is 1. The molecule has 0 aliphatic heterocycles. The molecule has 0 bridgehead atoms. The van der Waals surface area contributed by atoms with Gasteiger partial charge in [-0.3, -0.25) is 9.59 Å². The standard InChI is InChI=1S/C14H18BrNO3/c1-10-6-7-12(15)11(9-10)14(19)16-8-4-2-3-5-13(17)18/h6-7,9H,2-5,8H2,1H3,(H,16,19)(H,17,18). The predicted molar refractivity (Wildman–Crippen MR) is 77.3 cm³/mol. The highest BCUT2D eigenvalue weighted by molar-refractivity contribution is 9.10. The molecular weight excluding hydrogens is 310 g/mol. The van der Waals surface area contributed by atoms with E-state index in [-0.39, 0.29) is 12.3 Å². The summed E-state index contributed by atoms with van der Waals surface area (Å²) in [6, 6.07) is 5.63. The van der Waals surface area contributed by atoms with Crippen LogP contribution in [0.5, 0.6) is 0 Å². The van der Waals surface area contributed by atoms with Crippen molar-refractivity contribution in [3.63, 3.8) is 0 Å². The van der Waals surface area contributed by atoms with Gasteiger partial charge in [-0.2, -0.15) is 0 Å². The first kappa shape index (κ1) is 15.7. The molecule has 0 heterocycles. The molecule has 0 spiro atoms. The molecule has 104 valence electrons. The molecule has 0 aromatic heterocycles. The zero-order valence-electron chi connectivity index (χ0n) is 10.9. The summed E-state index contributed by atoms with van der Waals surface area (Å²) in [7, 11) is 0. The van der Waals surface area contributed by atoms with Gasteiger partial charge in [0, 0.05) is 17.4 Å². The molecule has 4 nitrogen and oxygen atoms in total. The summed E-state index contributed by atoms with van der Waals surface area (Å²) >= 11 is 3.35. The highest BCUT2D eigenvalue weighted by Crippen LogP contribution is 2.17. The third-order valence-electron chi connectivity index (χ3n) is 2.72. The molecule has 0 aliphatic carbocycles. The van der Waals surface area contributed by atoms with Crippen molar-refractivity contribution < 1.29 is 14.7 Å². The van der Waals surface area contributed by atoms with Gasteiger partial charge >= 0.3 is 5.97 Å². The van der Waals surface area contributed by atoms with Crippen LogP contribution in [-0.4, -0.2) is 23.5 Å². The molecule has 0 saturated carbocycles. The van der Waals surface area contributed by atoms with Crippen LogP contribution in [-0.2, 0) is 4.79 Å². The van der Waals surface area contributed by atoms with E-state index in [0.717, 1.165) is 22.9 Å². The van der Waals surface area contributed by atoms with Crippen molar-refractivity contribution in [1.82, 2.24) is 5.32 Å². The highest BCUT2D eigenvalue weighted by Gasteiger charge is 2.09. The van der Waals surface area contributed by atoms with Crippen molar-refractivity contribution >= 4 is 27.8 Å². The average molecular weight is 328 g/mol. The molecule has 0 fully saturated rings. The fourth-order valence-electron chi connectivity index (χ4n) is 1.69. The second-order valence-corrected chi connectivity index (χ2v) is 5.30. The number of hydrogen-bond donors (Lipinski definition) is 2. The molecule has 1 amide bonds. The van der Waals surface area contributed by atoms with Crippen LogP contribution < -0.4 is 5.32 Å². The Hall–Kier alpha value is -1.36. The van der Waals surface area contributed by atoms with Crippen molar-refractivity contribution in [1.29, 1.82) is 0 Å². The summed E-state index contributed by atoms with van der Waals surface area (Å²) in [6.07, 6.45) is 2.45. The Labute approximate surface area is 121 Å². The Morgan fingerprint density at radius 1 is 1.26 bits per heavy atom. The van der Waals surface area contributed by atoms with Gasteiger partial charge in [-0.1, -0.05) is 18.1 Å². The molecule has 19 heavy (non-hydrogen) atoms. The van der Waals surface area contributed by atoms with Gasteiger partial charge in [0.15, 0.2) is 0 Å². The largest absolute Gasteiger partial charge is 0.481 e. The number of benzene rings is 1. The zero-order valence-corrected chi connectivity index (χ0v) is 12.5. The van der Waals surface area contributed by atoms with Crippen molar-refractivity contribution in [3.05, 3.63) is 33.8 Å². The van der Waals surface area contributed by atoms with E-state index in [1.165, 1.54) is 0 Å². The lowest BCUT2D eigenvalue weighted by Crippen LogP contribution is -2.24. The lowest BCUT2D eigenvalue weighted by atomic mass is 10.1. The fraction of sp³-hybridized carbons (Fsp3) is 0.429. The second-order valence-electron chi connectivity index (χ2n) is 4.44. The minimum absolute atomic E-state index is 0.103. The van der Waals surface area contributed by atoms with Crippen LogP contribution in [0.1, 0.15) is 41.6 Å². The van der Waals surface area contributed by atoms with Crippen LogP contribution in [0.4, 0.5) is 0 Å². The number of unbranched alkanes of at least 4 members (excludes halogenated alkanes) is 2. The Balaban J connectivity index is 2.31. The normalized spacial score (nSPS) is 10.2. The van der Waals surface area contributed by atoms with Crippen LogP contribution in [0, 0.1) is 6.92 Å². The topological polar surface area (TPSA) is 66.4 Å². The molecule has 0 unspecified atom stereocenters. The van der Waals surface area contributed by atoms with E-state index in [0.29, 0.717) is 18.5 Å². The van der Waals surface area contributed by atoms with Crippen LogP contribution in [0.25, 0.3) is 0 Å².